The van der Waals surface area contributed by atoms with E-state index in [0.29, 0.717) is 19.3 Å². The predicted octanol–water partition coefficient (Wildman–Crippen LogP) is 1.73. The molecule has 2 atom stereocenters. The van der Waals surface area contributed by atoms with Crippen molar-refractivity contribution in [3.05, 3.63) is 0 Å². The first kappa shape index (κ1) is 16.3. The lowest BCUT2D eigenvalue weighted by Crippen LogP contribution is -2.48. The van der Waals surface area contributed by atoms with Crippen molar-refractivity contribution in [1.82, 2.24) is 10.6 Å². The molecule has 0 saturated heterocycles. The van der Waals surface area contributed by atoms with Crippen molar-refractivity contribution < 1.29 is 14.7 Å². The Bertz CT molecular complexity index is 310. The highest BCUT2D eigenvalue weighted by Gasteiger charge is 2.20. The monoisotopic (exact) mass is 254 g/mol. The molecule has 2 unspecified atom stereocenters. The molecular weight excluding hydrogens is 232 g/mol. The van der Waals surface area contributed by atoms with Crippen LogP contribution in [0.2, 0.25) is 0 Å². The van der Waals surface area contributed by atoms with Crippen LogP contribution in [0.25, 0.3) is 0 Å². The summed E-state index contributed by atoms with van der Waals surface area (Å²) in [6, 6.07) is -1.43. The number of nitrogens with one attached hydrogen (secondary N) is 2. The molecule has 0 aliphatic heterocycles. The van der Waals surface area contributed by atoms with Gasteiger partial charge in [0.2, 0.25) is 0 Å². The van der Waals surface area contributed by atoms with E-state index in [4.69, 9.17) is 11.5 Å². The molecule has 0 spiro atoms. The van der Waals surface area contributed by atoms with Crippen LogP contribution in [0.1, 0.15) is 46.0 Å². The van der Waals surface area contributed by atoms with Gasteiger partial charge in [0.1, 0.15) is 6.04 Å². The zero-order chi connectivity index (χ0) is 14.0. The van der Waals surface area contributed by atoms with E-state index in [2.05, 4.69) is 16.6 Å². The van der Waals surface area contributed by atoms with Crippen molar-refractivity contribution in [3.8, 4) is 12.3 Å². The average molecular weight is 254 g/mol. The van der Waals surface area contributed by atoms with Gasteiger partial charge in [-0.2, -0.15) is 0 Å². The number of carboxylic acids is 1. The molecule has 18 heavy (non-hydrogen) atoms. The van der Waals surface area contributed by atoms with Crippen LogP contribution >= 0.6 is 0 Å². The summed E-state index contributed by atoms with van der Waals surface area (Å²) in [4.78, 5) is 22.6. The van der Waals surface area contributed by atoms with E-state index in [1.165, 1.54) is 0 Å². The van der Waals surface area contributed by atoms with Crippen molar-refractivity contribution in [2.45, 2.75) is 58.0 Å². The lowest BCUT2D eigenvalue weighted by Gasteiger charge is -2.18. The van der Waals surface area contributed by atoms with Crippen molar-refractivity contribution in [1.29, 1.82) is 0 Å². The maximum atomic E-state index is 11.6. The third-order valence-corrected chi connectivity index (χ3v) is 2.64. The normalized spacial score (nSPS) is 13.2. The van der Waals surface area contributed by atoms with E-state index in [-0.39, 0.29) is 6.04 Å². The van der Waals surface area contributed by atoms with Gasteiger partial charge >= 0.3 is 12.0 Å². The third-order valence-electron chi connectivity index (χ3n) is 2.64. The first-order valence-electron chi connectivity index (χ1n) is 6.28. The van der Waals surface area contributed by atoms with Crippen molar-refractivity contribution >= 4 is 12.0 Å². The lowest BCUT2D eigenvalue weighted by atomic mass is 10.1. The molecule has 5 heteroatoms. The number of aliphatic carboxylic acids is 1. The molecule has 3 N–H and O–H groups in total. The Labute approximate surface area is 108 Å². The van der Waals surface area contributed by atoms with Gasteiger partial charge in [-0.05, 0) is 12.8 Å². The number of carboxylic acid groups (broad SMARTS) is 1. The van der Waals surface area contributed by atoms with Crippen LogP contribution in [-0.2, 0) is 4.79 Å². The van der Waals surface area contributed by atoms with Crippen molar-refractivity contribution in [2.24, 2.45) is 0 Å². The summed E-state index contributed by atoms with van der Waals surface area (Å²) in [6.07, 6.45) is 8.42. The molecule has 5 nitrogen and oxygen atoms in total. The molecule has 0 saturated carbocycles. The predicted molar refractivity (Wildman–Crippen MR) is 70.1 cm³/mol. The minimum absolute atomic E-state index is 0.115. The van der Waals surface area contributed by atoms with Crippen molar-refractivity contribution in [3.63, 3.8) is 0 Å². The summed E-state index contributed by atoms with van der Waals surface area (Å²) >= 11 is 0. The SMILES string of the molecule is C#CCC(CC)NC(=O)NC(CCCC)C(=O)O. The fourth-order valence-electron chi connectivity index (χ4n) is 1.49. The smallest absolute Gasteiger partial charge is 0.326 e. The Morgan fingerprint density at radius 2 is 2.00 bits per heavy atom. The third kappa shape index (κ3) is 6.79. The summed E-state index contributed by atoms with van der Waals surface area (Å²) in [5.74, 6) is 1.47. The van der Waals surface area contributed by atoms with Crippen LogP contribution in [-0.4, -0.2) is 29.2 Å². The van der Waals surface area contributed by atoms with Crippen LogP contribution in [0.15, 0.2) is 0 Å². The largest absolute Gasteiger partial charge is 0.480 e. The second kappa shape index (κ2) is 9.34. The van der Waals surface area contributed by atoms with Gasteiger partial charge in [0.05, 0.1) is 0 Å². The van der Waals surface area contributed by atoms with E-state index in [1.54, 1.807) is 0 Å². The van der Waals surface area contributed by atoms with Crippen LogP contribution in [0.4, 0.5) is 4.79 Å². The van der Waals surface area contributed by atoms with E-state index in [9.17, 15) is 9.59 Å². The highest BCUT2D eigenvalue weighted by molar-refractivity contribution is 5.82. The number of hydrogen-bond acceptors (Lipinski definition) is 2. The summed E-state index contributed by atoms with van der Waals surface area (Å²) < 4.78 is 0. The fraction of sp³-hybridized carbons (Fsp3) is 0.692. The molecule has 0 aliphatic rings. The summed E-state index contributed by atoms with van der Waals surface area (Å²) in [5, 5.41) is 14.1. The van der Waals surface area contributed by atoms with Gasteiger partial charge in [0.25, 0.3) is 0 Å². The quantitative estimate of drug-likeness (QED) is 0.577. The van der Waals surface area contributed by atoms with E-state index in [0.717, 1.165) is 12.8 Å². The second-order valence-electron chi connectivity index (χ2n) is 4.16. The Kier molecular flexibility index (Phi) is 8.46. The number of urea groups is 1. The minimum atomic E-state index is -1.01. The van der Waals surface area contributed by atoms with Gasteiger partial charge < -0.3 is 15.7 Å². The summed E-state index contributed by atoms with van der Waals surface area (Å²) in [6.45, 7) is 3.88. The summed E-state index contributed by atoms with van der Waals surface area (Å²) in [7, 11) is 0. The maximum Gasteiger partial charge on any atom is 0.326 e. The standard InChI is InChI=1S/C13H22N2O3/c1-4-7-9-11(12(16)17)15-13(18)14-10(6-3)8-5-2/h2,10-11H,4,6-9H2,1,3H3,(H,16,17)(H2,14,15,18). The van der Waals surface area contributed by atoms with Crippen LogP contribution in [0.3, 0.4) is 0 Å². The van der Waals surface area contributed by atoms with E-state index < -0.39 is 18.0 Å². The molecule has 0 heterocycles. The number of rotatable bonds is 8. The number of hydrogen-bond donors (Lipinski definition) is 3. The lowest BCUT2D eigenvalue weighted by molar-refractivity contribution is -0.139. The second-order valence-corrected chi connectivity index (χ2v) is 4.16. The Morgan fingerprint density at radius 1 is 1.33 bits per heavy atom. The van der Waals surface area contributed by atoms with Crippen molar-refractivity contribution in [2.75, 3.05) is 0 Å². The molecular formula is C13H22N2O3. The highest BCUT2D eigenvalue weighted by Crippen LogP contribution is 2.01. The molecule has 102 valence electrons. The molecule has 0 rings (SSSR count). The van der Waals surface area contributed by atoms with Crippen LogP contribution < -0.4 is 10.6 Å². The van der Waals surface area contributed by atoms with Gasteiger partial charge in [-0.1, -0.05) is 26.7 Å². The molecule has 0 radical (unpaired) electrons. The topological polar surface area (TPSA) is 78.4 Å². The van der Waals surface area contributed by atoms with Crippen LogP contribution in [0.5, 0.6) is 0 Å². The number of carbonyl (C=O) groups is 2. The zero-order valence-corrected chi connectivity index (χ0v) is 11.0. The Hall–Kier alpha value is -1.70. The molecule has 0 aromatic heterocycles. The molecule has 0 fully saturated rings. The van der Waals surface area contributed by atoms with E-state index in [1.807, 2.05) is 13.8 Å². The Morgan fingerprint density at radius 3 is 2.44 bits per heavy atom. The number of amides is 2. The molecule has 2 amide bonds. The fourth-order valence-corrected chi connectivity index (χ4v) is 1.49. The van der Waals surface area contributed by atoms with Gasteiger partial charge in [-0.3, -0.25) is 0 Å². The minimum Gasteiger partial charge on any atom is -0.480 e. The zero-order valence-electron chi connectivity index (χ0n) is 11.0. The molecule has 0 aliphatic carbocycles. The van der Waals surface area contributed by atoms with E-state index >= 15 is 0 Å². The number of unbranched alkanes of at least 4 members (excludes halogenated alkanes) is 1. The molecule has 0 aromatic carbocycles. The first-order chi connectivity index (χ1) is 8.54. The molecule has 0 aromatic rings. The number of carbonyl (C=O) groups excluding carboxylic acids is 1. The molecule has 0 bridgehead atoms. The van der Waals surface area contributed by atoms with Gasteiger partial charge in [-0.15, -0.1) is 12.3 Å². The van der Waals surface area contributed by atoms with Crippen LogP contribution in [0, 0.1) is 12.3 Å². The number of terminal acetylenes is 1. The van der Waals surface area contributed by atoms with Gasteiger partial charge in [0, 0.05) is 12.5 Å². The van der Waals surface area contributed by atoms with Gasteiger partial charge in [0.15, 0.2) is 0 Å². The highest BCUT2D eigenvalue weighted by atomic mass is 16.4. The van der Waals surface area contributed by atoms with Gasteiger partial charge in [-0.25, -0.2) is 9.59 Å². The first-order valence-corrected chi connectivity index (χ1v) is 6.28. The Balaban J connectivity index is 4.24. The average Bonchev–Trinajstić information content (AvgIpc) is 2.33. The maximum absolute atomic E-state index is 11.6. The summed E-state index contributed by atoms with van der Waals surface area (Å²) in [5.41, 5.74) is 0.